The van der Waals surface area contributed by atoms with Crippen molar-refractivity contribution in [3.63, 3.8) is 0 Å². The van der Waals surface area contributed by atoms with Crippen LogP contribution in [0.4, 0.5) is 36.4 Å². The Bertz CT molecular complexity index is 889. The van der Waals surface area contributed by atoms with E-state index in [1.54, 1.807) is 0 Å². The van der Waals surface area contributed by atoms with Crippen molar-refractivity contribution in [2.75, 3.05) is 5.32 Å². The minimum atomic E-state index is -5.04. The Morgan fingerprint density at radius 1 is 0.963 bits per heavy atom. The van der Waals surface area contributed by atoms with Crippen molar-refractivity contribution in [2.24, 2.45) is 0 Å². The van der Waals surface area contributed by atoms with Gasteiger partial charge in [0.15, 0.2) is 34.8 Å². The van der Waals surface area contributed by atoms with Crippen LogP contribution in [0.3, 0.4) is 0 Å². The highest BCUT2D eigenvalue weighted by Gasteiger charge is 2.33. The first-order valence-corrected chi connectivity index (χ1v) is 6.93. The number of nitrogens with one attached hydrogen (secondary N) is 1. The zero-order valence-corrected chi connectivity index (χ0v) is 12.9. The SMILES string of the molecule is N#CCC(=O)Nc1cc(F)c(Oc2c(F)cc(C(F)(F)F)cc2F)c(F)c1. The van der Waals surface area contributed by atoms with Crippen molar-refractivity contribution in [3.8, 4) is 17.6 Å². The molecule has 2 aromatic carbocycles. The average molecular weight is 392 g/mol. The summed E-state index contributed by atoms with van der Waals surface area (Å²) in [5.41, 5.74) is -2.06. The molecule has 27 heavy (non-hydrogen) atoms. The van der Waals surface area contributed by atoms with Gasteiger partial charge < -0.3 is 10.1 Å². The maximum absolute atomic E-state index is 14.0. The first kappa shape index (κ1) is 20.0. The number of hydrogen-bond donors (Lipinski definition) is 1. The molecule has 0 bridgehead atoms. The van der Waals surface area contributed by atoms with E-state index >= 15 is 0 Å². The summed E-state index contributed by atoms with van der Waals surface area (Å²) in [5, 5.41) is 10.3. The Balaban J connectivity index is 2.36. The average Bonchev–Trinajstić information content (AvgIpc) is 2.52. The number of ether oxygens (including phenoxy) is 1. The molecule has 0 saturated carbocycles. The van der Waals surface area contributed by atoms with Crippen molar-refractivity contribution < 1.29 is 40.3 Å². The third-order valence-corrected chi connectivity index (χ3v) is 3.05. The molecule has 0 heterocycles. The molecule has 0 aliphatic rings. The minimum absolute atomic E-state index is 0.0926. The Morgan fingerprint density at radius 2 is 1.41 bits per heavy atom. The van der Waals surface area contributed by atoms with Crippen molar-refractivity contribution in [1.82, 2.24) is 0 Å². The number of hydrogen-bond acceptors (Lipinski definition) is 3. The Labute approximate surface area is 146 Å². The van der Waals surface area contributed by atoms with E-state index in [0.717, 1.165) is 0 Å². The largest absolute Gasteiger partial charge is 0.445 e. The smallest absolute Gasteiger partial charge is 0.416 e. The second kappa shape index (κ2) is 7.53. The number of halogens is 7. The number of nitriles is 1. The highest BCUT2D eigenvalue weighted by Crippen LogP contribution is 2.37. The number of anilines is 1. The lowest BCUT2D eigenvalue weighted by Gasteiger charge is -2.13. The molecule has 0 saturated heterocycles. The van der Waals surface area contributed by atoms with Gasteiger partial charge in [-0.3, -0.25) is 4.79 Å². The van der Waals surface area contributed by atoms with Crippen LogP contribution < -0.4 is 10.1 Å². The predicted octanol–water partition coefficient (Wildman–Crippen LogP) is 4.91. The minimum Gasteiger partial charge on any atom is -0.445 e. The quantitative estimate of drug-likeness (QED) is 0.753. The fourth-order valence-electron chi connectivity index (χ4n) is 1.93. The second-order valence-corrected chi connectivity index (χ2v) is 5.02. The van der Waals surface area contributed by atoms with Crippen molar-refractivity contribution in [1.29, 1.82) is 5.26 Å². The van der Waals surface area contributed by atoms with Gasteiger partial charge in [0.2, 0.25) is 5.91 Å². The summed E-state index contributed by atoms with van der Waals surface area (Å²) in [6, 6.07) is 2.39. The molecular formula is C16H7F7N2O2. The summed E-state index contributed by atoms with van der Waals surface area (Å²) in [6.45, 7) is 0. The fraction of sp³-hybridized carbons (Fsp3) is 0.125. The number of benzene rings is 2. The Morgan fingerprint density at radius 3 is 1.81 bits per heavy atom. The van der Waals surface area contributed by atoms with Gasteiger partial charge in [-0.25, -0.2) is 17.6 Å². The molecule has 0 unspecified atom stereocenters. The van der Waals surface area contributed by atoms with Crippen molar-refractivity contribution in [3.05, 3.63) is 53.1 Å². The van der Waals surface area contributed by atoms with E-state index in [1.807, 2.05) is 5.32 Å². The van der Waals surface area contributed by atoms with E-state index in [9.17, 15) is 35.5 Å². The van der Waals surface area contributed by atoms with Gasteiger partial charge in [0.25, 0.3) is 0 Å². The van der Waals surface area contributed by atoms with Crippen LogP contribution in [0.15, 0.2) is 24.3 Å². The molecule has 0 atom stereocenters. The summed E-state index contributed by atoms with van der Waals surface area (Å²) in [4.78, 5) is 11.2. The molecule has 1 N–H and O–H groups in total. The highest BCUT2D eigenvalue weighted by molar-refractivity contribution is 5.92. The van der Waals surface area contributed by atoms with Gasteiger partial charge in [-0.05, 0) is 12.1 Å². The summed E-state index contributed by atoms with van der Waals surface area (Å²) in [6.07, 6.45) is -5.64. The first-order valence-electron chi connectivity index (χ1n) is 6.93. The summed E-state index contributed by atoms with van der Waals surface area (Å²) < 4.78 is 97.3. The van der Waals surface area contributed by atoms with Gasteiger partial charge in [0.1, 0.15) is 6.42 Å². The molecule has 11 heteroatoms. The Hall–Kier alpha value is -3.29. The van der Waals surface area contributed by atoms with Gasteiger partial charge in [0, 0.05) is 17.8 Å². The van der Waals surface area contributed by atoms with Gasteiger partial charge >= 0.3 is 6.18 Å². The van der Waals surface area contributed by atoms with Crippen LogP contribution in [0.25, 0.3) is 0 Å². The lowest BCUT2D eigenvalue weighted by atomic mass is 10.2. The lowest BCUT2D eigenvalue weighted by molar-refractivity contribution is -0.138. The molecule has 0 aliphatic heterocycles. The maximum Gasteiger partial charge on any atom is 0.416 e. The molecule has 0 radical (unpaired) electrons. The van der Waals surface area contributed by atoms with Gasteiger partial charge in [-0.2, -0.15) is 18.4 Å². The molecular weight excluding hydrogens is 385 g/mol. The third kappa shape index (κ3) is 4.66. The van der Waals surface area contributed by atoms with Crippen molar-refractivity contribution >= 4 is 11.6 Å². The third-order valence-electron chi connectivity index (χ3n) is 3.05. The van der Waals surface area contributed by atoms with Crippen LogP contribution in [-0.4, -0.2) is 5.91 Å². The number of amides is 1. The molecule has 2 rings (SSSR count). The molecule has 142 valence electrons. The lowest BCUT2D eigenvalue weighted by Crippen LogP contribution is -2.11. The summed E-state index contributed by atoms with van der Waals surface area (Å²) in [7, 11) is 0. The Kier molecular flexibility index (Phi) is 5.58. The normalized spacial score (nSPS) is 11.0. The number of carbonyl (C=O) groups excluding carboxylic acids is 1. The van der Waals surface area contributed by atoms with E-state index in [-0.39, 0.29) is 12.1 Å². The van der Waals surface area contributed by atoms with Gasteiger partial charge in [-0.1, -0.05) is 0 Å². The van der Waals surface area contributed by atoms with Crippen LogP contribution in [0.1, 0.15) is 12.0 Å². The van der Waals surface area contributed by atoms with Crippen LogP contribution in [-0.2, 0) is 11.0 Å². The van der Waals surface area contributed by atoms with Gasteiger partial charge in [-0.15, -0.1) is 0 Å². The number of nitrogens with zero attached hydrogens (tertiary/aromatic N) is 1. The van der Waals surface area contributed by atoms with E-state index in [2.05, 4.69) is 4.74 Å². The maximum atomic E-state index is 14.0. The molecule has 4 nitrogen and oxygen atoms in total. The van der Waals surface area contributed by atoms with Crippen LogP contribution in [0, 0.1) is 34.6 Å². The predicted molar refractivity (Wildman–Crippen MR) is 76.7 cm³/mol. The van der Waals surface area contributed by atoms with Crippen LogP contribution in [0.5, 0.6) is 11.5 Å². The zero-order valence-electron chi connectivity index (χ0n) is 12.9. The summed E-state index contributed by atoms with van der Waals surface area (Å²) >= 11 is 0. The molecule has 0 fully saturated rings. The monoisotopic (exact) mass is 392 g/mol. The molecule has 1 amide bonds. The molecule has 2 aromatic rings. The number of rotatable bonds is 4. The molecule has 0 spiro atoms. The molecule has 0 aromatic heterocycles. The van der Waals surface area contributed by atoms with Crippen LogP contribution >= 0.6 is 0 Å². The number of carbonyl (C=O) groups is 1. The first-order chi connectivity index (χ1) is 12.5. The zero-order chi connectivity index (χ0) is 20.4. The highest BCUT2D eigenvalue weighted by atomic mass is 19.4. The van der Waals surface area contributed by atoms with E-state index < -0.39 is 64.5 Å². The molecule has 0 aliphatic carbocycles. The van der Waals surface area contributed by atoms with Crippen LogP contribution in [0.2, 0.25) is 0 Å². The van der Waals surface area contributed by atoms with E-state index in [1.165, 1.54) is 6.07 Å². The van der Waals surface area contributed by atoms with E-state index in [0.29, 0.717) is 12.1 Å². The fourth-order valence-corrected chi connectivity index (χ4v) is 1.93. The van der Waals surface area contributed by atoms with E-state index in [4.69, 9.17) is 5.26 Å². The summed E-state index contributed by atoms with van der Waals surface area (Å²) in [5.74, 6) is -10.3. The number of alkyl halides is 3. The topological polar surface area (TPSA) is 62.1 Å². The van der Waals surface area contributed by atoms with Crippen molar-refractivity contribution in [2.45, 2.75) is 12.6 Å². The van der Waals surface area contributed by atoms with Gasteiger partial charge in [0.05, 0.1) is 11.6 Å². The second-order valence-electron chi connectivity index (χ2n) is 5.02. The standard InChI is InChI=1S/C16H7F7N2O2/c17-9-3-7(16(21,22)23)4-10(18)14(9)27-15-11(19)5-8(6-12(15)20)25-13(26)1-2-24/h3-6H,1H2,(H,25,26).